The second kappa shape index (κ2) is 7.34. The Morgan fingerprint density at radius 2 is 1.94 bits per heavy atom. The number of nitrogens with one attached hydrogen (secondary N) is 1. The Kier molecular flexibility index (Phi) is 5.75. The Balaban J connectivity index is 1.92. The van der Waals surface area contributed by atoms with Crippen molar-refractivity contribution < 1.29 is 4.74 Å². The summed E-state index contributed by atoms with van der Waals surface area (Å²) in [5, 5.41) is 3.48. The van der Waals surface area contributed by atoms with Crippen molar-refractivity contribution in [2.45, 2.75) is 44.6 Å². The van der Waals surface area contributed by atoms with Crippen LogP contribution in [0.25, 0.3) is 0 Å². The maximum Gasteiger partial charge on any atom is 0.0589 e. The lowest BCUT2D eigenvalue weighted by Gasteiger charge is -2.38. The minimum absolute atomic E-state index is 0.828. The third-order valence-corrected chi connectivity index (χ3v) is 4.42. The fourth-order valence-corrected chi connectivity index (χ4v) is 3.44. The van der Waals surface area contributed by atoms with E-state index in [1.54, 1.807) is 0 Å². The lowest BCUT2D eigenvalue weighted by molar-refractivity contribution is 0.0842. The molecule has 0 aliphatic carbocycles. The zero-order chi connectivity index (χ0) is 11.9. The lowest BCUT2D eigenvalue weighted by atomic mass is 9.87. The molecule has 17 heavy (non-hydrogen) atoms. The van der Waals surface area contributed by atoms with E-state index in [0.29, 0.717) is 0 Å². The van der Waals surface area contributed by atoms with Crippen molar-refractivity contribution in [1.29, 1.82) is 0 Å². The molecule has 2 rings (SSSR count). The van der Waals surface area contributed by atoms with E-state index < -0.39 is 0 Å². The Morgan fingerprint density at radius 3 is 2.71 bits per heavy atom. The molecule has 0 spiro atoms. The third-order valence-electron chi connectivity index (χ3n) is 4.42. The largest absolute Gasteiger partial charge is 0.383 e. The monoisotopic (exact) mass is 240 g/mol. The number of nitrogens with zero attached hydrogens (tertiary/aromatic N) is 1. The molecular weight excluding hydrogens is 212 g/mol. The number of hydrogen-bond acceptors (Lipinski definition) is 3. The Labute approximate surface area is 106 Å². The number of methoxy groups -OCH3 is 1. The molecule has 1 unspecified atom stereocenters. The van der Waals surface area contributed by atoms with Gasteiger partial charge in [-0.2, -0.15) is 0 Å². The zero-order valence-corrected chi connectivity index (χ0v) is 11.3. The predicted octanol–water partition coefficient (Wildman–Crippen LogP) is 1.88. The van der Waals surface area contributed by atoms with E-state index in [1.807, 2.05) is 7.11 Å². The van der Waals surface area contributed by atoms with Gasteiger partial charge in [-0.05, 0) is 51.2 Å². The summed E-state index contributed by atoms with van der Waals surface area (Å²) in [5.41, 5.74) is 0. The highest BCUT2D eigenvalue weighted by atomic mass is 16.5. The van der Waals surface area contributed by atoms with E-state index >= 15 is 0 Å². The number of hydrogen-bond donors (Lipinski definition) is 1. The molecule has 2 saturated heterocycles. The first kappa shape index (κ1) is 13.3. The average molecular weight is 240 g/mol. The van der Waals surface area contributed by atoms with Crippen molar-refractivity contribution in [3.05, 3.63) is 0 Å². The molecule has 1 atom stereocenters. The Bertz CT molecular complexity index is 204. The quantitative estimate of drug-likeness (QED) is 0.812. The molecule has 0 aromatic rings. The van der Waals surface area contributed by atoms with Crippen molar-refractivity contribution in [1.82, 2.24) is 10.2 Å². The summed E-state index contributed by atoms with van der Waals surface area (Å²) in [6, 6.07) is 0.828. The minimum Gasteiger partial charge on any atom is -0.383 e. The van der Waals surface area contributed by atoms with E-state index in [-0.39, 0.29) is 0 Å². The van der Waals surface area contributed by atoms with Crippen LogP contribution >= 0.6 is 0 Å². The van der Waals surface area contributed by atoms with Gasteiger partial charge in [0.15, 0.2) is 0 Å². The second-order valence-corrected chi connectivity index (χ2v) is 5.53. The van der Waals surface area contributed by atoms with E-state index in [0.717, 1.165) is 25.1 Å². The summed E-state index contributed by atoms with van der Waals surface area (Å²) < 4.78 is 5.27. The first-order valence-corrected chi connectivity index (χ1v) is 7.35. The maximum atomic E-state index is 5.27. The highest BCUT2D eigenvalue weighted by molar-refractivity contribution is 4.84. The molecule has 0 amide bonds. The van der Waals surface area contributed by atoms with Gasteiger partial charge in [0.25, 0.3) is 0 Å². The van der Waals surface area contributed by atoms with E-state index in [4.69, 9.17) is 4.74 Å². The van der Waals surface area contributed by atoms with Gasteiger partial charge in [-0.1, -0.05) is 12.8 Å². The van der Waals surface area contributed by atoms with Crippen LogP contribution in [-0.2, 0) is 4.74 Å². The summed E-state index contributed by atoms with van der Waals surface area (Å²) >= 11 is 0. The summed E-state index contributed by atoms with van der Waals surface area (Å²) in [4.78, 5) is 2.71. The van der Waals surface area contributed by atoms with Crippen LogP contribution in [0.1, 0.15) is 38.5 Å². The molecule has 2 heterocycles. The van der Waals surface area contributed by atoms with Gasteiger partial charge in [0.05, 0.1) is 6.61 Å². The van der Waals surface area contributed by atoms with Crippen molar-refractivity contribution in [3.8, 4) is 0 Å². The summed E-state index contributed by atoms with van der Waals surface area (Å²) in [7, 11) is 1.82. The molecule has 0 aromatic carbocycles. The highest BCUT2D eigenvalue weighted by Crippen LogP contribution is 2.27. The van der Waals surface area contributed by atoms with Crippen LogP contribution in [0, 0.1) is 5.92 Å². The average Bonchev–Trinajstić information content (AvgIpc) is 2.62. The van der Waals surface area contributed by atoms with Crippen LogP contribution < -0.4 is 5.32 Å². The van der Waals surface area contributed by atoms with E-state index in [9.17, 15) is 0 Å². The molecular formula is C14H28N2O. The van der Waals surface area contributed by atoms with E-state index in [1.165, 1.54) is 58.2 Å². The third kappa shape index (κ3) is 3.94. The molecule has 3 nitrogen and oxygen atoms in total. The van der Waals surface area contributed by atoms with Crippen LogP contribution in [0.4, 0.5) is 0 Å². The fraction of sp³-hybridized carbons (Fsp3) is 1.00. The molecule has 100 valence electrons. The Morgan fingerprint density at radius 1 is 1.12 bits per heavy atom. The van der Waals surface area contributed by atoms with Crippen molar-refractivity contribution in [2.24, 2.45) is 5.92 Å². The minimum atomic E-state index is 0.828. The van der Waals surface area contributed by atoms with Crippen LogP contribution in [0.3, 0.4) is 0 Å². The standard InChI is InChI=1S/C14H28N2O/c1-17-12-11-16-10-4-2-3-5-14(16)13-6-8-15-9-7-13/h13-15H,2-12H2,1H3. The first-order chi connectivity index (χ1) is 8.42. The second-order valence-electron chi connectivity index (χ2n) is 5.53. The zero-order valence-electron chi connectivity index (χ0n) is 11.3. The summed E-state index contributed by atoms with van der Waals surface area (Å²) in [5.74, 6) is 0.922. The maximum absolute atomic E-state index is 5.27. The molecule has 2 aliphatic heterocycles. The van der Waals surface area contributed by atoms with Crippen molar-refractivity contribution >= 4 is 0 Å². The Hall–Kier alpha value is -0.120. The van der Waals surface area contributed by atoms with Gasteiger partial charge in [-0.3, -0.25) is 4.90 Å². The number of piperidine rings is 1. The first-order valence-electron chi connectivity index (χ1n) is 7.35. The van der Waals surface area contributed by atoms with Crippen LogP contribution in [0.15, 0.2) is 0 Å². The van der Waals surface area contributed by atoms with Gasteiger partial charge in [0.1, 0.15) is 0 Å². The van der Waals surface area contributed by atoms with Crippen LogP contribution in [-0.4, -0.2) is 50.8 Å². The number of likely N-dealkylation sites (tertiary alicyclic amines) is 1. The molecule has 0 aromatic heterocycles. The van der Waals surface area contributed by atoms with Gasteiger partial charge in [-0.25, -0.2) is 0 Å². The van der Waals surface area contributed by atoms with Gasteiger partial charge < -0.3 is 10.1 Å². The lowest BCUT2D eigenvalue weighted by Crippen LogP contribution is -2.45. The number of rotatable bonds is 4. The molecule has 1 N–H and O–H groups in total. The molecule has 0 saturated carbocycles. The van der Waals surface area contributed by atoms with Gasteiger partial charge in [0.2, 0.25) is 0 Å². The SMILES string of the molecule is COCCN1CCCCCC1C1CCNCC1. The van der Waals surface area contributed by atoms with Crippen LogP contribution in [0.2, 0.25) is 0 Å². The van der Waals surface area contributed by atoms with Crippen molar-refractivity contribution in [3.63, 3.8) is 0 Å². The summed E-state index contributed by atoms with van der Waals surface area (Å²) in [6.45, 7) is 5.75. The molecule has 2 fully saturated rings. The fourth-order valence-electron chi connectivity index (χ4n) is 3.44. The van der Waals surface area contributed by atoms with Crippen molar-refractivity contribution in [2.75, 3.05) is 39.9 Å². The van der Waals surface area contributed by atoms with Gasteiger partial charge in [-0.15, -0.1) is 0 Å². The topological polar surface area (TPSA) is 24.5 Å². The van der Waals surface area contributed by atoms with E-state index in [2.05, 4.69) is 10.2 Å². The summed E-state index contributed by atoms with van der Waals surface area (Å²) in [6.07, 6.45) is 8.38. The van der Waals surface area contributed by atoms with Crippen LogP contribution in [0.5, 0.6) is 0 Å². The number of ether oxygens (including phenoxy) is 1. The molecule has 0 radical (unpaired) electrons. The van der Waals surface area contributed by atoms with Gasteiger partial charge in [0, 0.05) is 19.7 Å². The highest BCUT2D eigenvalue weighted by Gasteiger charge is 2.29. The molecule has 2 aliphatic rings. The normalized spacial score (nSPS) is 29.1. The van der Waals surface area contributed by atoms with Gasteiger partial charge >= 0.3 is 0 Å². The molecule has 0 bridgehead atoms. The smallest absolute Gasteiger partial charge is 0.0589 e. The molecule has 3 heteroatoms. The predicted molar refractivity (Wildman–Crippen MR) is 71.3 cm³/mol.